The van der Waals surface area contributed by atoms with Crippen LogP contribution in [0.25, 0.3) is 6.08 Å². The lowest BCUT2D eigenvalue weighted by atomic mass is 10.2. The van der Waals surface area contributed by atoms with Crippen molar-refractivity contribution in [2.45, 2.75) is 13.8 Å². The minimum atomic E-state index is -1.77. The summed E-state index contributed by atoms with van der Waals surface area (Å²) in [7, 11) is 0. The van der Waals surface area contributed by atoms with Crippen molar-refractivity contribution in [3.8, 4) is 11.5 Å². The van der Waals surface area contributed by atoms with Gasteiger partial charge in [-0.3, -0.25) is 24.1 Å². The Labute approximate surface area is 242 Å². The third-order valence-electron chi connectivity index (χ3n) is 5.83. The minimum absolute atomic E-state index is 0.000493. The SMILES string of the molecule is CCOc1cc(/C=C2\SC(=O)N(CC(=O)Nc3ccc(F)c(F)c3F)C2=O)ccc1OCC(=O)Nc1ccccc1C. The molecule has 0 bridgehead atoms. The molecule has 218 valence electrons. The Morgan fingerprint density at radius 2 is 1.64 bits per heavy atom. The first-order chi connectivity index (χ1) is 20.1. The number of benzene rings is 3. The number of carbonyl (C=O) groups is 4. The number of para-hydroxylation sites is 1. The molecule has 0 unspecified atom stereocenters. The van der Waals surface area contributed by atoms with Gasteiger partial charge in [-0.15, -0.1) is 0 Å². The summed E-state index contributed by atoms with van der Waals surface area (Å²) in [6.45, 7) is 2.83. The number of anilines is 2. The van der Waals surface area contributed by atoms with Crippen LogP contribution in [0.2, 0.25) is 0 Å². The highest BCUT2D eigenvalue weighted by Gasteiger charge is 2.36. The zero-order valence-electron chi connectivity index (χ0n) is 22.3. The Morgan fingerprint density at radius 3 is 2.38 bits per heavy atom. The molecular formula is C29H24F3N3O6S. The summed E-state index contributed by atoms with van der Waals surface area (Å²) in [6.07, 6.45) is 1.41. The summed E-state index contributed by atoms with van der Waals surface area (Å²) in [6, 6.07) is 13.4. The maximum atomic E-state index is 13.9. The normalized spacial score (nSPS) is 13.8. The molecule has 0 spiro atoms. The molecular weight excluding hydrogens is 575 g/mol. The van der Waals surface area contributed by atoms with E-state index in [4.69, 9.17) is 9.47 Å². The van der Waals surface area contributed by atoms with Crippen molar-refractivity contribution in [3.63, 3.8) is 0 Å². The Balaban J connectivity index is 1.42. The van der Waals surface area contributed by atoms with Crippen LogP contribution in [0.5, 0.6) is 11.5 Å². The van der Waals surface area contributed by atoms with Gasteiger partial charge in [-0.2, -0.15) is 0 Å². The largest absolute Gasteiger partial charge is 0.490 e. The first-order valence-electron chi connectivity index (χ1n) is 12.5. The lowest BCUT2D eigenvalue weighted by Crippen LogP contribution is -2.36. The first-order valence-corrected chi connectivity index (χ1v) is 13.3. The molecule has 3 aromatic rings. The Hall–Kier alpha value is -4.78. The number of nitrogens with one attached hydrogen (secondary N) is 2. The Morgan fingerprint density at radius 1 is 0.905 bits per heavy atom. The highest BCUT2D eigenvalue weighted by Crippen LogP contribution is 2.35. The van der Waals surface area contributed by atoms with E-state index in [1.54, 1.807) is 37.3 Å². The van der Waals surface area contributed by atoms with Crippen molar-refractivity contribution in [3.05, 3.63) is 88.1 Å². The lowest BCUT2D eigenvalue weighted by Gasteiger charge is -2.14. The molecule has 1 aliphatic rings. The molecule has 1 heterocycles. The predicted octanol–water partition coefficient (Wildman–Crippen LogP) is 5.50. The number of ether oxygens (including phenoxy) is 2. The van der Waals surface area contributed by atoms with E-state index in [-0.39, 0.29) is 29.8 Å². The summed E-state index contributed by atoms with van der Waals surface area (Å²) in [5.41, 5.74) is 1.38. The summed E-state index contributed by atoms with van der Waals surface area (Å²) >= 11 is 0.582. The standard InChI is InChI=1S/C29H24F3N3O6S/c1-3-40-22-12-17(8-11-21(22)41-15-25(37)33-19-7-5-4-6-16(19)2)13-23-28(38)35(29(39)42-23)14-24(36)34-20-10-9-18(30)26(31)27(20)32/h4-13H,3,14-15H2,1-2H3,(H,33,37)(H,34,36)/b23-13-. The van der Waals surface area contributed by atoms with Crippen LogP contribution in [0.1, 0.15) is 18.1 Å². The molecule has 0 aromatic heterocycles. The Kier molecular flexibility index (Phi) is 9.53. The number of rotatable bonds is 10. The zero-order valence-corrected chi connectivity index (χ0v) is 23.2. The number of carbonyl (C=O) groups excluding carboxylic acids is 4. The van der Waals surface area contributed by atoms with Gasteiger partial charge in [0.1, 0.15) is 6.54 Å². The van der Waals surface area contributed by atoms with E-state index in [1.165, 1.54) is 6.08 Å². The summed E-state index contributed by atoms with van der Waals surface area (Å²) in [4.78, 5) is 50.6. The van der Waals surface area contributed by atoms with E-state index in [0.29, 0.717) is 39.7 Å². The molecule has 1 fully saturated rings. The second-order valence-electron chi connectivity index (χ2n) is 8.83. The van der Waals surface area contributed by atoms with E-state index < -0.39 is 46.7 Å². The van der Waals surface area contributed by atoms with Gasteiger partial charge in [0.2, 0.25) is 5.91 Å². The van der Waals surface area contributed by atoms with E-state index in [0.717, 1.165) is 11.6 Å². The summed E-state index contributed by atoms with van der Waals surface area (Å²) in [5.74, 6) is -6.38. The number of imide groups is 1. The highest BCUT2D eigenvalue weighted by atomic mass is 32.2. The fraction of sp³-hybridized carbons (Fsp3) is 0.172. The van der Waals surface area contributed by atoms with Gasteiger partial charge >= 0.3 is 0 Å². The molecule has 0 atom stereocenters. The number of aryl methyl sites for hydroxylation is 1. The summed E-state index contributed by atoms with van der Waals surface area (Å²) < 4.78 is 51.7. The quantitative estimate of drug-likeness (QED) is 0.234. The number of thioether (sulfide) groups is 1. The van der Waals surface area contributed by atoms with Crippen molar-refractivity contribution in [1.29, 1.82) is 0 Å². The molecule has 13 heteroatoms. The van der Waals surface area contributed by atoms with Gasteiger partial charge in [0.05, 0.1) is 17.2 Å². The van der Waals surface area contributed by atoms with E-state index in [1.807, 2.05) is 24.4 Å². The van der Waals surface area contributed by atoms with Crippen LogP contribution in [-0.2, 0) is 14.4 Å². The van der Waals surface area contributed by atoms with Crippen LogP contribution in [0.15, 0.2) is 59.5 Å². The van der Waals surface area contributed by atoms with Crippen LogP contribution < -0.4 is 20.1 Å². The average Bonchev–Trinajstić information content (AvgIpc) is 3.21. The molecule has 2 N–H and O–H groups in total. The van der Waals surface area contributed by atoms with Crippen LogP contribution in [0, 0.1) is 24.4 Å². The van der Waals surface area contributed by atoms with E-state index in [9.17, 15) is 32.3 Å². The highest BCUT2D eigenvalue weighted by molar-refractivity contribution is 8.18. The maximum absolute atomic E-state index is 13.9. The van der Waals surface area contributed by atoms with Crippen molar-refractivity contribution in [1.82, 2.24) is 4.90 Å². The third kappa shape index (κ3) is 7.10. The van der Waals surface area contributed by atoms with Crippen LogP contribution >= 0.6 is 11.8 Å². The van der Waals surface area contributed by atoms with Gasteiger partial charge in [0.25, 0.3) is 17.1 Å². The molecule has 0 radical (unpaired) electrons. The molecule has 0 saturated carbocycles. The maximum Gasteiger partial charge on any atom is 0.294 e. The molecule has 1 aliphatic heterocycles. The Bertz CT molecular complexity index is 1600. The number of nitrogens with zero attached hydrogens (tertiary/aromatic N) is 1. The molecule has 3 aromatic carbocycles. The second kappa shape index (κ2) is 13.3. The molecule has 4 amide bonds. The van der Waals surface area contributed by atoms with Crippen molar-refractivity contribution in [2.75, 3.05) is 30.4 Å². The fourth-order valence-electron chi connectivity index (χ4n) is 3.79. The van der Waals surface area contributed by atoms with Gasteiger partial charge in [-0.1, -0.05) is 24.3 Å². The molecule has 4 rings (SSSR count). The molecule has 9 nitrogen and oxygen atoms in total. The number of hydrogen-bond donors (Lipinski definition) is 2. The number of halogens is 3. The average molecular weight is 600 g/mol. The smallest absolute Gasteiger partial charge is 0.294 e. The minimum Gasteiger partial charge on any atom is -0.490 e. The predicted molar refractivity (Wildman–Crippen MR) is 151 cm³/mol. The van der Waals surface area contributed by atoms with Crippen LogP contribution in [-0.4, -0.2) is 47.6 Å². The van der Waals surface area contributed by atoms with Crippen molar-refractivity contribution in [2.24, 2.45) is 0 Å². The van der Waals surface area contributed by atoms with Crippen molar-refractivity contribution >= 4 is 52.2 Å². The van der Waals surface area contributed by atoms with E-state index >= 15 is 0 Å². The molecule has 0 aliphatic carbocycles. The second-order valence-corrected chi connectivity index (χ2v) is 9.82. The number of hydrogen-bond acceptors (Lipinski definition) is 7. The topological polar surface area (TPSA) is 114 Å². The third-order valence-corrected chi connectivity index (χ3v) is 6.74. The molecule has 42 heavy (non-hydrogen) atoms. The first kappa shape index (κ1) is 30.2. The van der Waals surface area contributed by atoms with Gasteiger partial charge in [-0.05, 0) is 73.1 Å². The molecule has 1 saturated heterocycles. The lowest BCUT2D eigenvalue weighted by molar-refractivity contribution is -0.127. The van der Waals surface area contributed by atoms with Crippen LogP contribution in [0.3, 0.4) is 0 Å². The fourth-order valence-corrected chi connectivity index (χ4v) is 4.63. The van der Waals surface area contributed by atoms with Crippen LogP contribution in [0.4, 0.5) is 29.3 Å². The van der Waals surface area contributed by atoms with E-state index in [2.05, 4.69) is 5.32 Å². The van der Waals surface area contributed by atoms with Crippen molar-refractivity contribution < 1.29 is 41.8 Å². The summed E-state index contributed by atoms with van der Waals surface area (Å²) in [5, 5.41) is 4.04. The van der Waals surface area contributed by atoms with Gasteiger partial charge in [0, 0.05) is 5.69 Å². The van der Waals surface area contributed by atoms with Gasteiger partial charge < -0.3 is 20.1 Å². The van der Waals surface area contributed by atoms with Gasteiger partial charge in [-0.25, -0.2) is 13.2 Å². The monoisotopic (exact) mass is 599 g/mol. The van der Waals surface area contributed by atoms with Gasteiger partial charge in [0.15, 0.2) is 35.6 Å². The zero-order chi connectivity index (χ0) is 30.4. The number of amides is 4.